The molecule has 1 atom stereocenters. The number of hydrogen-bond acceptors (Lipinski definition) is 2. The molecule has 3 N–H and O–H groups in total. The molecule has 0 unspecified atom stereocenters. The van der Waals surface area contributed by atoms with Crippen molar-refractivity contribution < 1.29 is 9.90 Å². The lowest BCUT2D eigenvalue weighted by Gasteiger charge is -2.19. The van der Waals surface area contributed by atoms with Crippen LogP contribution in [0, 0.1) is 6.92 Å². The molecular formula is C11H15NO2. The van der Waals surface area contributed by atoms with Crippen molar-refractivity contribution in [3.63, 3.8) is 0 Å². The summed E-state index contributed by atoms with van der Waals surface area (Å²) in [6, 6.07) is 7.72. The molecule has 3 nitrogen and oxygen atoms in total. The van der Waals surface area contributed by atoms with Crippen molar-refractivity contribution in [3.8, 4) is 0 Å². The average Bonchev–Trinajstić information content (AvgIpc) is 2.02. The summed E-state index contributed by atoms with van der Waals surface area (Å²) in [5.41, 5.74) is 6.53. The number of nitrogens with two attached hydrogens (primary N) is 1. The van der Waals surface area contributed by atoms with Gasteiger partial charge in [0.2, 0.25) is 0 Å². The van der Waals surface area contributed by atoms with E-state index in [0.29, 0.717) is 6.42 Å². The lowest BCUT2D eigenvalue weighted by atomic mass is 9.93. The quantitative estimate of drug-likeness (QED) is 0.761. The highest BCUT2D eigenvalue weighted by Crippen LogP contribution is 2.12. The van der Waals surface area contributed by atoms with E-state index in [-0.39, 0.29) is 0 Å². The van der Waals surface area contributed by atoms with Crippen molar-refractivity contribution >= 4 is 5.97 Å². The van der Waals surface area contributed by atoms with Crippen molar-refractivity contribution in [3.05, 3.63) is 35.4 Å². The first-order chi connectivity index (χ1) is 6.42. The molecule has 0 spiro atoms. The maximum atomic E-state index is 10.8. The summed E-state index contributed by atoms with van der Waals surface area (Å²) in [4.78, 5) is 10.8. The smallest absolute Gasteiger partial charge is 0.323 e. The van der Waals surface area contributed by atoms with E-state index in [9.17, 15) is 4.79 Å². The molecule has 76 valence electrons. The van der Waals surface area contributed by atoms with E-state index in [0.717, 1.165) is 11.1 Å². The van der Waals surface area contributed by atoms with Gasteiger partial charge in [-0.2, -0.15) is 0 Å². The predicted molar refractivity (Wildman–Crippen MR) is 55.1 cm³/mol. The van der Waals surface area contributed by atoms with E-state index in [1.165, 1.54) is 6.92 Å². The summed E-state index contributed by atoms with van der Waals surface area (Å²) in [5.74, 6) is -0.973. The second-order valence-electron chi connectivity index (χ2n) is 3.89. The molecule has 0 aliphatic heterocycles. The van der Waals surface area contributed by atoms with Gasteiger partial charge in [-0.1, -0.05) is 29.8 Å². The Hall–Kier alpha value is -1.35. The van der Waals surface area contributed by atoms with Crippen LogP contribution in [0.2, 0.25) is 0 Å². The molecule has 0 aromatic heterocycles. The number of aliphatic carboxylic acids is 1. The van der Waals surface area contributed by atoms with Crippen molar-refractivity contribution in [1.29, 1.82) is 0 Å². The molecule has 3 heteroatoms. The Balaban J connectivity index is 2.83. The third-order valence-corrected chi connectivity index (χ3v) is 2.14. The predicted octanol–water partition coefficient (Wildman–Crippen LogP) is 1.34. The molecule has 1 aromatic carbocycles. The highest BCUT2D eigenvalue weighted by Gasteiger charge is 2.27. The molecule has 14 heavy (non-hydrogen) atoms. The minimum atomic E-state index is -1.19. The number of benzene rings is 1. The van der Waals surface area contributed by atoms with Gasteiger partial charge in [0, 0.05) is 6.42 Å². The SMILES string of the molecule is Cc1cccc(C[C@](C)(N)C(=O)O)c1. The molecule has 0 aliphatic carbocycles. The largest absolute Gasteiger partial charge is 0.480 e. The topological polar surface area (TPSA) is 63.3 Å². The minimum Gasteiger partial charge on any atom is -0.480 e. The number of rotatable bonds is 3. The Bertz CT molecular complexity index is 345. The van der Waals surface area contributed by atoms with Crippen LogP contribution in [0.1, 0.15) is 18.1 Å². The molecular weight excluding hydrogens is 178 g/mol. The second-order valence-corrected chi connectivity index (χ2v) is 3.89. The van der Waals surface area contributed by atoms with Gasteiger partial charge >= 0.3 is 5.97 Å². The molecule has 1 aromatic rings. The maximum absolute atomic E-state index is 10.8. The monoisotopic (exact) mass is 193 g/mol. The Labute approximate surface area is 83.6 Å². The molecule has 0 heterocycles. The fourth-order valence-electron chi connectivity index (χ4n) is 1.32. The highest BCUT2D eigenvalue weighted by molar-refractivity contribution is 5.78. The summed E-state index contributed by atoms with van der Waals surface area (Å²) >= 11 is 0. The average molecular weight is 193 g/mol. The number of carboxylic acid groups (broad SMARTS) is 1. The van der Waals surface area contributed by atoms with Gasteiger partial charge < -0.3 is 10.8 Å². The fourth-order valence-corrected chi connectivity index (χ4v) is 1.32. The van der Waals surface area contributed by atoms with Crippen LogP contribution < -0.4 is 5.73 Å². The summed E-state index contributed by atoms with van der Waals surface area (Å²) < 4.78 is 0. The molecule has 0 saturated heterocycles. The van der Waals surface area contributed by atoms with Gasteiger partial charge in [0.05, 0.1) is 0 Å². The molecule has 1 rings (SSSR count). The van der Waals surface area contributed by atoms with Gasteiger partial charge in [-0.25, -0.2) is 0 Å². The zero-order chi connectivity index (χ0) is 10.8. The van der Waals surface area contributed by atoms with E-state index in [2.05, 4.69) is 0 Å². The molecule has 0 bridgehead atoms. The van der Waals surface area contributed by atoms with E-state index in [4.69, 9.17) is 10.8 Å². The molecule has 0 radical (unpaired) electrons. The number of hydrogen-bond donors (Lipinski definition) is 2. The van der Waals surface area contributed by atoms with E-state index < -0.39 is 11.5 Å². The van der Waals surface area contributed by atoms with Crippen LogP contribution in [-0.2, 0) is 11.2 Å². The van der Waals surface area contributed by atoms with Crippen LogP contribution in [0.15, 0.2) is 24.3 Å². The van der Waals surface area contributed by atoms with Gasteiger partial charge in [0.25, 0.3) is 0 Å². The van der Waals surface area contributed by atoms with Gasteiger partial charge in [-0.05, 0) is 19.4 Å². The van der Waals surface area contributed by atoms with Crippen LogP contribution in [-0.4, -0.2) is 16.6 Å². The zero-order valence-corrected chi connectivity index (χ0v) is 8.45. The fraction of sp³-hybridized carbons (Fsp3) is 0.364. The van der Waals surface area contributed by atoms with E-state index >= 15 is 0 Å². The molecule has 0 fully saturated rings. The first-order valence-electron chi connectivity index (χ1n) is 4.49. The number of carbonyl (C=O) groups is 1. The van der Waals surface area contributed by atoms with E-state index in [1.807, 2.05) is 31.2 Å². The van der Waals surface area contributed by atoms with E-state index in [1.54, 1.807) is 0 Å². The molecule has 0 aliphatic rings. The van der Waals surface area contributed by atoms with Gasteiger partial charge in [-0.3, -0.25) is 4.79 Å². The van der Waals surface area contributed by atoms with Crippen LogP contribution in [0.5, 0.6) is 0 Å². The summed E-state index contributed by atoms with van der Waals surface area (Å²) in [6.45, 7) is 3.50. The Kier molecular flexibility index (Phi) is 2.91. The summed E-state index contributed by atoms with van der Waals surface area (Å²) in [7, 11) is 0. The van der Waals surface area contributed by atoms with Crippen molar-refractivity contribution in [2.45, 2.75) is 25.8 Å². The maximum Gasteiger partial charge on any atom is 0.323 e. The second kappa shape index (κ2) is 3.80. The number of aryl methyl sites for hydroxylation is 1. The normalized spacial score (nSPS) is 14.8. The Morgan fingerprint density at radius 3 is 2.71 bits per heavy atom. The summed E-state index contributed by atoms with van der Waals surface area (Å²) in [5, 5.41) is 8.85. The first kappa shape index (κ1) is 10.7. The third-order valence-electron chi connectivity index (χ3n) is 2.14. The van der Waals surface area contributed by atoms with Crippen molar-refractivity contribution in [2.75, 3.05) is 0 Å². The highest BCUT2D eigenvalue weighted by atomic mass is 16.4. The Morgan fingerprint density at radius 2 is 2.21 bits per heavy atom. The first-order valence-corrected chi connectivity index (χ1v) is 4.49. The van der Waals surface area contributed by atoms with Crippen LogP contribution in [0.25, 0.3) is 0 Å². The van der Waals surface area contributed by atoms with Gasteiger partial charge in [-0.15, -0.1) is 0 Å². The van der Waals surface area contributed by atoms with Crippen LogP contribution in [0.4, 0.5) is 0 Å². The zero-order valence-electron chi connectivity index (χ0n) is 8.45. The van der Waals surface area contributed by atoms with Gasteiger partial charge in [0.1, 0.15) is 5.54 Å². The van der Waals surface area contributed by atoms with Crippen LogP contribution >= 0.6 is 0 Å². The number of carboxylic acids is 1. The molecule has 0 saturated carbocycles. The lowest BCUT2D eigenvalue weighted by molar-refractivity contribution is -0.142. The summed E-state index contributed by atoms with van der Waals surface area (Å²) in [6.07, 6.45) is 0.351. The molecule has 0 amide bonds. The minimum absolute atomic E-state index is 0.351. The standard InChI is InChI=1S/C11H15NO2/c1-8-4-3-5-9(6-8)7-11(2,12)10(13)14/h3-6H,7,12H2,1-2H3,(H,13,14)/t11-/m0/s1. The lowest BCUT2D eigenvalue weighted by Crippen LogP contribution is -2.46. The van der Waals surface area contributed by atoms with Crippen molar-refractivity contribution in [2.24, 2.45) is 5.73 Å². The van der Waals surface area contributed by atoms with Crippen molar-refractivity contribution in [1.82, 2.24) is 0 Å². The third kappa shape index (κ3) is 2.57. The Morgan fingerprint density at radius 1 is 1.57 bits per heavy atom. The van der Waals surface area contributed by atoms with Crippen LogP contribution in [0.3, 0.4) is 0 Å². The van der Waals surface area contributed by atoms with Gasteiger partial charge in [0.15, 0.2) is 0 Å².